The Morgan fingerprint density at radius 1 is 1.22 bits per heavy atom. The van der Waals surface area contributed by atoms with Crippen molar-refractivity contribution in [1.82, 2.24) is 9.97 Å². The molecule has 0 aromatic carbocycles. The molecular weight excluding hydrogens is 224 g/mol. The van der Waals surface area contributed by atoms with Crippen LogP contribution in [0.3, 0.4) is 0 Å². The van der Waals surface area contributed by atoms with Gasteiger partial charge in [0.2, 0.25) is 0 Å². The maximum absolute atomic E-state index is 5.66. The lowest BCUT2D eigenvalue weighted by Crippen LogP contribution is -2.29. The quantitative estimate of drug-likeness (QED) is 0.814. The molecule has 0 saturated heterocycles. The number of nitrogens with one attached hydrogen (secondary N) is 1. The molecule has 0 aliphatic rings. The highest BCUT2D eigenvalue weighted by atomic mass is 15.1. The standard InChI is InChI=1S/C14H26N4/c1-9(2)12(6-7-15)17-13-8-11(5)16-14(18-13)10(3)4/h8-10,12H,6-7,15H2,1-5H3,(H,16,17,18). The van der Waals surface area contributed by atoms with Gasteiger partial charge in [-0.1, -0.05) is 27.7 Å². The summed E-state index contributed by atoms with van der Waals surface area (Å²) in [6.07, 6.45) is 0.956. The largest absolute Gasteiger partial charge is 0.367 e. The second-order valence-corrected chi connectivity index (χ2v) is 5.48. The summed E-state index contributed by atoms with van der Waals surface area (Å²) in [4.78, 5) is 9.03. The zero-order chi connectivity index (χ0) is 13.7. The number of anilines is 1. The van der Waals surface area contributed by atoms with E-state index in [1.54, 1.807) is 0 Å². The second kappa shape index (κ2) is 6.69. The molecule has 1 heterocycles. The van der Waals surface area contributed by atoms with Crippen molar-refractivity contribution in [3.8, 4) is 0 Å². The van der Waals surface area contributed by atoms with Gasteiger partial charge in [0.15, 0.2) is 0 Å². The Morgan fingerprint density at radius 2 is 1.89 bits per heavy atom. The summed E-state index contributed by atoms with van der Waals surface area (Å²) in [7, 11) is 0. The Kier molecular flexibility index (Phi) is 5.54. The van der Waals surface area contributed by atoms with Crippen molar-refractivity contribution in [3.63, 3.8) is 0 Å². The molecule has 18 heavy (non-hydrogen) atoms. The molecule has 102 valence electrons. The van der Waals surface area contributed by atoms with Gasteiger partial charge in [-0.15, -0.1) is 0 Å². The van der Waals surface area contributed by atoms with Crippen LogP contribution in [0, 0.1) is 12.8 Å². The summed E-state index contributed by atoms with van der Waals surface area (Å²) in [5, 5.41) is 3.48. The topological polar surface area (TPSA) is 63.8 Å². The van der Waals surface area contributed by atoms with Crippen LogP contribution in [-0.4, -0.2) is 22.6 Å². The van der Waals surface area contributed by atoms with Crippen LogP contribution in [0.1, 0.15) is 51.6 Å². The highest BCUT2D eigenvalue weighted by molar-refractivity contribution is 5.37. The summed E-state index contributed by atoms with van der Waals surface area (Å²) in [6.45, 7) is 11.3. The third-order valence-electron chi connectivity index (χ3n) is 3.00. The van der Waals surface area contributed by atoms with Gasteiger partial charge in [0.1, 0.15) is 11.6 Å². The van der Waals surface area contributed by atoms with Crippen LogP contribution in [0.5, 0.6) is 0 Å². The third-order valence-corrected chi connectivity index (χ3v) is 3.00. The number of nitrogens with two attached hydrogens (primary N) is 1. The van der Waals surface area contributed by atoms with E-state index in [0.29, 0.717) is 24.4 Å². The minimum Gasteiger partial charge on any atom is -0.367 e. The molecular formula is C14H26N4. The minimum atomic E-state index is 0.345. The van der Waals surface area contributed by atoms with Crippen LogP contribution in [-0.2, 0) is 0 Å². The number of rotatable bonds is 6. The van der Waals surface area contributed by atoms with Crippen LogP contribution in [0.2, 0.25) is 0 Å². The summed E-state index contributed by atoms with van der Waals surface area (Å²) in [6, 6.07) is 2.36. The average molecular weight is 250 g/mol. The fourth-order valence-corrected chi connectivity index (χ4v) is 1.87. The van der Waals surface area contributed by atoms with Crippen molar-refractivity contribution in [3.05, 3.63) is 17.6 Å². The molecule has 0 aliphatic carbocycles. The number of aryl methyl sites for hydroxylation is 1. The molecule has 1 rings (SSSR count). The fraction of sp³-hybridized carbons (Fsp3) is 0.714. The van der Waals surface area contributed by atoms with Gasteiger partial charge in [0, 0.05) is 23.7 Å². The Bertz CT molecular complexity index is 374. The maximum Gasteiger partial charge on any atom is 0.133 e. The lowest BCUT2D eigenvalue weighted by atomic mass is 10.0. The maximum atomic E-state index is 5.66. The van der Waals surface area contributed by atoms with E-state index in [0.717, 1.165) is 23.8 Å². The number of hydrogen-bond acceptors (Lipinski definition) is 4. The fourth-order valence-electron chi connectivity index (χ4n) is 1.87. The van der Waals surface area contributed by atoms with E-state index in [-0.39, 0.29) is 0 Å². The van der Waals surface area contributed by atoms with E-state index in [4.69, 9.17) is 5.73 Å². The van der Waals surface area contributed by atoms with E-state index in [1.165, 1.54) is 0 Å². The molecule has 1 atom stereocenters. The van der Waals surface area contributed by atoms with E-state index in [1.807, 2.05) is 13.0 Å². The van der Waals surface area contributed by atoms with Crippen LogP contribution in [0.15, 0.2) is 6.07 Å². The molecule has 1 aromatic rings. The molecule has 3 N–H and O–H groups in total. The normalized spacial score (nSPS) is 13.1. The Hall–Kier alpha value is -1.16. The van der Waals surface area contributed by atoms with Crippen molar-refractivity contribution < 1.29 is 0 Å². The van der Waals surface area contributed by atoms with Crippen molar-refractivity contribution >= 4 is 5.82 Å². The Balaban J connectivity index is 2.88. The van der Waals surface area contributed by atoms with Gasteiger partial charge in [-0.2, -0.15) is 0 Å². The monoisotopic (exact) mass is 250 g/mol. The van der Waals surface area contributed by atoms with Gasteiger partial charge >= 0.3 is 0 Å². The molecule has 0 saturated carbocycles. The van der Waals surface area contributed by atoms with E-state index < -0.39 is 0 Å². The summed E-state index contributed by atoms with van der Waals surface area (Å²) >= 11 is 0. The van der Waals surface area contributed by atoms with Gasteiger partial charge in [-0.05, 0) is 25.8 Å². The molecule has 0 fully saturated rings. The highest BCUT2D eigenvalue weighted by Crippen LogP contribution is 2.17. The van der Waals surface area contributed by atoms with Crippen molar-refractivity contribution in [1.29, 1.82) is 0 Å². The van der Waals surface area contributed by atoms with Gasteiger partial charge in [0.05, 0.1) is 0 Å². The van der Waals surface area contributed by atoms with Gasteiger partial charge in [-0.25, -0.2) is 9.97 Å². The third kappa shape index (κ3) is 4.26. The first-order valence-corrected chi connectivity index (χ1v) is 6.76. The molecule has 0 bridgehead atoms. The SMILES string of the molecule is Cc1cc(NC(CCN)C(C)C)nc(C(C)C)n1. The molecule has 0 spiro atoms. The lowest BCUT2D eigenvalue weighted by Gasteiger charge is -2.23. The molecule has 4 nitrogen and oxygen atoms in total. The van der Waals surface area contributed by atoms with Gasteiger partial charge in [-0.3, -0.25) is 0 Å². The predicted octanol–water partition coefficient (Wildman–Crippen LogP) is 2.69. The van der Waals surface area contributed by atoms with E-state index in [2.05, 4.69) is 43.0 Å². The molecule has 0 aliphatic heterocycles. The zero-order valence-corrected chi connectivity index (χ0v) is 12.2. The first-order chi connectivity index (χ1) is 8.43. The molecule has 4 heteroatoms. The van der Waals surface area contributed by atoms with E-state index in [9.17, 15) is 0 Å². The van der Waals surface area contributed by atoms with Crippen LogP contribution in [0.4, 0.5) is 5.82 Å². The smallest absolute Gasteiger partial charge is 0.133 e. The lowest BCUT2D eigenvalue weighted by molar-refractivity contribution is 0.497. The van der Waals surface area contributed by atoms with Gasteiger partial charge in [0.25, 0.3) is 0 Å². The molecule has 0 radical (unpaired) electrons. The number of aromatic nitrogens is 2. The average Bonchev–Trinajstić information content (AvgIpc) is 2.27. The van der Waals surface area contributed by atoms with E-state index >= 15 is 0 Å². The summed E-state index contributed by atoms with van der Waals surface area (Å²) in [5.41, 5.74) is 6.66. The summed E-state index contributed by atoms with van der Waals surface area (Å²) in [5.74, 6) is 2.69. The zero-order valence-electron chi connectivity index (χ0n) is 12.2. The predicted molar refractivity (Wildman–Crippen MR) is 76.8 cm³/mol. The van der Waals surface area contributed by atoms with Crippen LogP contribution < -0.4 is 11.1 Å². The van der Waals surface area contributed by atoms with Crippen LogP contribution in [0.25, 0.3) is 0 Å². The first-order valence-electron chi connectivity index (χ1n) is 6.76. The molecule has 0 amide bonds. The van der Waals surface area contributed by atoms with Crippen molar-refractivity contribution in [2.45, 2.75) is 53.0 Å². The first kappa shape index (κ1) is 14.9. The number of nitrogens with zero attached hydrogens (tertiary/aromatic N) is 2. The van der Waals surface area contributed by atoms with Crippen molar-refractivity contribution in [2.24, 2.45) is 11.7 Å². The minimum absolute atomic E-state index is 0.345. The van der Waals surface area contributed by atoms with Crippen LogP contribution >= 0.6 is 0 Å². The summed E-state index contributed by atoms with van der Waals surface area (Å²) < 4.78 is 0. The highest BCUT2D eigenvalue weighted by Gasteiger charge is 2.14. The Labute approximate surface area is 110 Å². The number of hydrogen-bond donors (Lipinski definition) is 2. The van der Waals surface area contributed by atoms with Crippen molar-refractivity contribution in [2.75, 3.05) is 11.9 Å². The molecule has 1 aromatic heterocycles. The molecule has 1 unspecified atom stereocenters. The van der Waals surface area contributed by atoms with Gasteiger partial charge < -0.3 is 11.1 Å². The second-order valence-electron chi connectivity index (χ2n) is 5.48. The Morgan fingerprint density at radius 3 is 2.39 bits per heavy atom.